The monoisotopic (exact) mass is 345 g/mol. The van der Waals surface area contributed by atoms with Gasteiger partial charge in [-0.1, -0.05) is 0 Å². The Hall–Kier alpha value is -1.67. The minimum absolute atomic E-state index is 0.00454. The second kappa shape index (κ2) is 4.78. The fourth-order valence-electron chi connectivity index (χ4n) is 1.61. The van der Waals surface area contributed by atoms with Gasteiger partial charge in [0.1, 0.15) is 11.8 Å². The van der Waals surface area contributed by atoms with Crippen LogP contribution in [0.3, 0.4) is 0 Å². The topological polar surface area (TPSA) is 68.2 Å². The Kier molecular flexibility index (Phi) is 3.11. The summed E-state index contributed by atoms with van der Waals surface area (Å²) >= 11 is 8.88. The van der Waals surface area contributed by atoms with Gasteiger partial charge in [-0.2, -0.15) is 4.98 Å². The van der Waals surface area contributed by atoms with E-state index in [0.717, 1.165) is 0 Å². The van der Waals surface area contributed by atoms with Crippen molar-refractivity contribution in [3.8, 4) is 0 Å². The maximum atomic E-state index is 13.9. The highest BCUT2D eigenvalue weighted by molar-refractivity contribution is 9.10. The lowest BCUT2D eigenvalue weighted by Crippen LogP contribution is -2.06. The Balaban J connectivity index is 2.01. The molecule has 0 saturated carbocycles. The van der Waals surface area contributed by atoms with Crippen LogP contribution in [0.2, 0.25) is 5.28 Å². The molecule has 0 aromatic carbocycles. The number of nitrogens with zero attached hydrogens (tertiary/aromatic N) is 4. The lowest BCUT2D eigenvalue weighted by molar-refractivity contribution is 0.503. The van der Waals surface area contributed by atoms with Crippen molar-refractivity contribution in [1.82, 2.24) is 19.6 Å². The van der Waals surface area contributed by atoms with Gasteiger partial charge in [0, 0.05) is 6.20 Å². The first kappa shape index (κ1) is 12.4. The molecule has 6 nitrogen and oxygen atoms in total. The van der Waals surface area contributed by atoms with Crippen LogP contribution in [-0.4, -0.2) is 19.6 Å². The molecule has 0 atom stereocenters. The Labute approximate surface area is 119 Å². The van der Waals surface area contributed by atoms with Crippen molar-refractivity contribution in [2.24, 2.45) is 0 Å². The smallest absolute Gasteiger partial charge is 0.243 e. The molecule has 0 unspecified atom stereocenters. The average Bonchev–Trinajstić information content (AvgIpc) is 2.96. The van der Waals surface area contributed by atoms with Crippen LogP contribution in [0.5, 0.6) is 0 Å². The molecule has 3 rings (SSSR count). The predicted octanol–water partition coefficient (Wildman–Crippen LogP) is 2.88. The Bertz CT molecular complexity index is 729. The third-order valence-corrected chi connectivity index (χ3v) is 3.10. The van der Waals surface area contributed by atoms with E-state index < -0.39 is 5.82 Å². The van der Waals surface area contributed by atoms with Crippen LogP contribution in [0, 0.1) is 5.82 Å². The number of anilines is 1. The summed E-state index contributed by atoms with van der Waals surface area (Å²) in [6, 6.07) is 0. The summed E-state index contributed by atoms with van der Waals surface area (Å²) in [5, 5.41) is 6.80. The quantitative estimate of drug-likeness (QED) is 0.790. The van der Waals surface area contributed by atoms with Crippen LogP contribution in [0.1, 0.15) is 5.89 Å². The summed E-state index contributed by atoms with van der Waals surface area (Å²) < 4.78 is 20.6. The summed E-state index contributed by atoms with van der Waals surface area (Å²) in [5.41, 5.74) is 0.197. The lowest BCUT2D eigenvalue weighted by Gasteiger charge is -2.05. The van der Waals surface area contributed by atoms with Gasteiger partial charge in [0.05, 0.1) is 17.2 Å². The van der Waals surface area contributed by atoms with Crippen LogP contribution in [0.15, 0.2) is 27.5 Å². The summed E-state index contributed by atoms with van der Waals surface area (Å²) in [4.78, 5) is 7.91. The van der Waals surface area contributed by atoms with Crippen LogP contribution < -0.4 is 5.32 Å². The van der Waals surface area contributed by atoms with E-state index in [4.69, 9.17) is 16.0 Å². The molecule has 3 heterocycles. The SMILES string of the molecule is Fc1c(Br)cn2nc(Cl)nc(NCc3ncco3)c12. The van der Waals surface area contributed by atoms with Gasteiger partial charge in [-0.15, -0.1) is 5.10 Å². The zero-order chi connectivity index (χ0) is 13.4. The van der Waals surface area contributed by atoms with Gasteiger partial charge >= 0.3 is 0 Å². The molecule has 0 aliphatic carbocycles. The summed E-state index contributed by atoms with van der Waals surface area (Å²) in [7, 11) is 0. The van der Waals surface area contributed by atoms with Crippen molar-refractivity contribution in [2.75, 3.05) is 5.32 Å². The lowest BCUT2D eigenvalue weighted by atomic mass is 10.4. The first-order valence-electron chi connectivity index (χ1n) is 5.17. The molecular formula is C10H6BrClFN5O. The molecule has 0 aliphatic heterocycles. The number of oxazole rings is 1. The Morgan fingerprint density at radius 1 is 1.53 bits per heavy atom. The number of halogens is 3. The van der Waals surface area contributed by atoms with Crippen molar-refractivity contribution in [2.45, 2.75) is 6.54 Å². The highest BCUT2D eigenvalue weighted by atomic mass is 79.9. The number of nitrogens with one attached hydrogen (secondary N) is 1. The summed E-state index contributed by atoms with van der Waals surface area (Å²) in [6.07, 6.45) is 4.44. The third-order valence-electron chi connectivity index (χ3n) is 2.39. The van der Waals surface area contributed by atoms with Gasteiger partial charge < -0.3 is 9.73 Å². The van der Waals surface area contributed by atoms with Gasteiger partial charge in [-0.25, -0.2) is 13.9 Å². The van der Waals surface area contributed by atoms with Crippen LogP contribution in [-0.2, 0) is 6.54 Å². The Morgan fingerprint density at radius 2 is 2.37 bits per heavy atom. The normalized spacial score (nSPS) is 11.1. The minimum Gasteiger partial charge on any atom is -0.447 e. The first-order chi connectivity index (χ1) is 9.15. The average molecular weight is 347 g/mol. The number of hydrogen-bond acceptors (Lipinski definition) is 5. The Morgan fingerprint density at radius 3 is 3.11 bits per heavy atom. The predicted molar refractivity (Wildman–Crippen MR) is 69.5 cm³/mol. The standard InChI is InChI=1S/C10H6BrClFN5O/c11-5-4-18-8(7(5)13)9(16-10(12)17-18)15-3-6-14-1-2-19-6/h1-2,4H,3H2,(H,15,16,17). The zero-order valence-electron chi connectivity index (χ0n) is 9.27. The van der Waals surface area contributed by atoms with Crippen LogP contribution >= 0.6 is 27.5 Å². The van der Waals surface area contributed by atoms with E-state index in [2.05, 4.69) is 36.3 Å². The molecule has 0 aliphatic rings. The van der Waals surface area contributed by atoms with Gasteiger partial charge in [0.25, 0.3) is 0 Å². The van der Waals surface area contributed by atoms with Gasteiger partial charge in [0.15, 0.2) is 11.6 Å². The molecule has 9 heteroatoms. The van der Waals surface area contributed by atoms with Crippen molar-refractivity contribution in [1.29, 1.82) is 0 Å². The summed E-state index contributed by atoms with van der Waals surface area (Å²) in [5.74, 6) is 0.256. The third kappa shape index (κ3) is 2.28. The molecule has 0 saturated heterocycles. The molecule has 3 aromatic heterocycles. The minimum atomic E-state index is -0.466. The van der Waals surface area contributed by atoms with E-state index >= 15 is 0 Å². The van der Waals surface area contributed by atoms with E-state index in [9.17, 15) is 4.39 Å². The maximum Gasteiger partial charge on any atom is 0.243 e. The fourth-order valence-corrected chi connectivity index (χ4v) is 2.16. The van der Waals surface area contributed by atoms with E-state index in [1.807, 2.05) is 0 Å². The molecular weight excluding hydrogens is 340 g/mol. The van der Waals surface area contributed by atoms with Crippen molar-refractivity contribution >= 4 is 38.9 Å². The van der Waals surface area contributed by atoms with Crippen molar-refractivity contribution in [3.05, 3.63) is 40.1 Å². The molecule has 0 fully saturated rings. The molecule has 98 valence electrons. The second-order valence-electron chi connectivity index (χ2n) is 3.59. The van der Waals surface area contributed by atoms with E-state index in [1.54, 1.807) is 0 Å². The number of hydrogen-bond donors (Lipinski definition) is 1. The highest BCUT2D eigenvalue weighted by Gasteiger charge is 2.16. The molecule has 3 aromatic rings. The molecule has 19 heavy (non-hydrogen) atoms. The van der Waals surface area contributed by atoms with Crippen molar-refractivity contribution < 1.29 is 8.81 Å². The van der Waals surface area contributed by atoms with Crippen LogP contribution in [0.4, 0.5) is 10.2 Å². The maximum absolute atomic E-state index is 13.9. The van der Waals surface area contributed by atoms with E-state index in [1.165, 1.54) is 23.2 Å². The number of aromatic nitrogens is 4. The molecule has 0 radical (unpaired) electrons. The number of rotatable bonds is 3. The molecule has 1 N–H and O–H groups in total. The number of fused-ring (bicyclic) bond motifs is 1. The molecule has 0 spiro atoms. The van der Waals surface area contributed by atoms with Gasteiger partial charge in [0.2, 0.25) is 11.2 Å². The van der Waals surface area contributed by atoms with E-state index in [0.29, 0.717) is 5.89 Å². The van der Waals surface area contributed by atoms with Crippen LogP contribution in [0.25, 0.3) is 5.52 Å². The largest absolute Gasteiger partial charge is 0.447 e. The highest BCUT2D eigenvalue weighted by Crippen LogP contribution is 2.26. The molecule has 0 amide bonds. The molecule has 0 bridgehead atoms. The second-order valence-corrected chi connectivity index (χ2v) is 4.79. The van der Waals surface area contributed by atoms with Gasteiger partial charge in [-0.05, 0) is 27.5 Å². The van der Waals surface area contributed by atoms with E-state index in [-0.39, 0.29) is 27.6 Å². The van der Waals surface area contributed by atoms with Gasteiger partial charge in [-0.3, -0.25) is 0 Å². The summed E-state index contributed by atoms with van der Waals surface area (Å²) in [6.45, 7) is 0.262. The zero-order valence-corrected chi connectivity index (χ0v) is 11.6. The van der Waals surface area contributed by atoms with Crippen molar-refractivity contribution in [3.63, 3.8) is 0 Å². The first-order valence-corrected chi connectivity index (χ1v) is 6.34. The fraction of sp³-hybridized carbons (Fsp3) is 0.100.